The van der Waals surface area contributed by atoms with Crippen LogP contribution in [0, 0.1) is 5.92 Å². The summed E-state index contributed by atoms with van der Waals surface area (Å²) in [4.78, 5) is 18.2. The Kier molecular flexibility index (Phi) is 3.78. The van der Waals surface area contributed by atoms with Gasteiger partial charge < -0.3 is 14.6 Å². The van der Waals surface area contributed by atoms with Crippen LogP contribution in [0.2, 0.25) is 0 Å². The molecule has 0 aromatic carbocycles. The fraction of sp³-hybridized carbons (Fsp3) is 0.733. The molecule has 0 amide bonds. The van der Waals surface area contributed by atoms with Gasteiger partial charge in [0.1, 0.15) is 5.82 Å². The summed E-state index contributed by atoms with van der Waals surface area (Å²) in [6, 6.07) is 0.593. The average molecular weight is 277 g/mol. The number of carbonyl (C=O) groups is 1. The van der Waals surface area contributed by atoms with Crippen molar-refractivity contribution < 1.29 is 9.90 Å². The Labute approximate surface area is 119 Å². The number of aromatic nitrogens is 2. The van der Waals surface area contributed by atoms with Gasteiger partial charge in [0.2, 0.25) is 0 Å². The van der Waals surface area contributed by atoms with Gasteiger partial charge in [-0.2, -0.15) is 0 Å². The molecule has 5 nitrogen and oxygen atoms in total. The minimum absolute atomic E-state index is 0.248. The van der Waals surface area contributed by atoms with E-state index in [-0.39, 0.29) is 5.92 Å². The molecule has 1 aromatic heterocycles. The van der Waals surface area contributed by atoms with Gasteiger partial charge in [-0.15, -0.1) is 0 Å². The van der Waals surface area contributed by atoms with Crippen LogP contribution < -0.4 is 0 Å². The van der Waals surface area contributed by atoms with Crippen molar-refractivity contribution in [3.05, 3.63) is 17.7 Å². The van der Waals surface area contributed by atoms with E-state index in [9.17, 15) is 4.79 Å². The molecular formula is C15H23N3O2. The van der Waals surface area contributed by atoms with E-state index in [1.165, 1.54) is 25.8 Å². The van der Waals surface area contributed by atoms with Crippen molar-refractivity contribution in [2.24, 2.45) is 5.92 Å². The second kappa shape index (κ2) is 5.56. The first kappa shape index (κ1) is 13.6. The minimum Gasteiger partial charge on any atom is -0.481 e. The van der Waals surface area contributed by atoms with Crippen LogP contribution in [0.3, 0.4) is 0 Å². The summed E-state index contributed by atoms with van der Waals surface area (Å²) in [6.07, 6.45) is 8.43. The van der Waals surface area contributed by atoms with Crippen LogP contribution in [-0.2, 0) is 24.2 Å². The number of hydrogen-bond donors (Lipinski definition) is 1. The highest BCUT2D eigenvalue weighted by molar-refractivity contribution is 5.70. The van der Waals surface area contributed by atoms with Crippen LogP contribution in [0.25, 0.3) is 0 Å². The molecule has 1 fully saturated rings. The zero-order chi connectivity index (χ0) is 14.1. The number of likely N-dealkylation sites (N-methyl/N-ethyl adjacent to an activating group) is 1. The van der Waals surface area contributed by atoms with E-state index >= 15 is 0 Å². The van der Waals surface area contributed by atoms with Crippen molar-refractivity contribution in [3.8, 4) is 0 Å². The molecule has 2 atom stereocenters. The number of imidazole rings is 1. The average Bonchev–Trinajstić information content (AvgIpc) is 2.82. The maximum absolute atomic E-state index is 11.1. The summed E-state index contributed by atoms with van der Waals surface area (Å²) in [5.41, 5.74) is 1.13. The maximum atomic E-state index is 11.1. The van der Waals surface area contributed by atoms with Gasteiger partial charge in [-0.3, -0.25) is 4.79 Å². The van der Waals surface area contributed by atoms with E-state index in [0.29, 0.717) is 12.6 Å². The minimum atomic E-state index is -0.682. The summed E-state index contributed by atoms with van der Waals surface area (Å²) in [7, 11) is 2.19. The normalized spacial score (nSPS) is 27.2. The fourth-order valence-corrected chi connectivity index (χ4v) is 3.45. The van der Waals surface area contributed by atoms with Crippen LogP contribution in [0.1, 0.15) is 37.2 Å². The van der Waals surface area contributed by atoms with E-state index in [0.717, 1.165) is 30.8 Å². The Morgan fingerprint density at radius 3 is 3.05 bits per heavy atom. The third kappa shape index (κ3) is 2.73. The quantitative estimate of drug-likeness (QED) is 0.911. The molecule has 0 aliphatic carbocycles. The molecule has 0 saturated carbocycles. The lowest BCUT2D eigenvalue weighted by Crippen LogP contribution is -2.37. The molecule has 3 rings (SSSR count). The largest absolute Gasteiger partial charge is 0.481 e. The number of hydrogen-bond acceptors (Lipinski definition) is 3. The highest BCUT2D eigenvalue weighted by Crippen LogP contribution is 2.23. The van der Waals surface area contributed by atoms with Gasteiger partial charge in [0.05, 0.1) is 11.6 Å². The number of rotatable bonds is 3. The maximum Gasteiger partial charge on any atom is 0.308 e. The molecule has 1 aromatic rings. The summed E-state index contributed by atoms with van der Waals surface area (Å²) < 4.78 is 2.06. The molecule has 0 radical (unpaired) electrons. The Hall–Kier alpha value is -1.36. The van der Waals surface area contributed by atoms with Crippen molar-refractivity contribution in [1.29, 1.82) is 0 Å². The predicted octanol–water partition coefficient (Wildman–Crippen LogP) is 1.56. The van der Waals surface area contributed by atoms with Crippen LogP contribution >= 0.6 is 0 Å². The highest BCUT2D eigenvalue weighted by Gasteiger charge is 2.26. The molecule has 2 unspecified atom stereocenters. The third-order valence-electron chi connectivity index (χ3n) is 4.76. The van der Waals surface area contributed by atoms with Crippen LogP contribution in [0.4, 0.5) is 0 Å². The number of likely N-dealkylation sites (tertiary alicyclic amines) is 1. The number of piperidine rings is 1. The lowest BCUT2D eigenvalue weighted by atomic mass is 9.99. The topological polar surface area (TPSA) is 58.4 Å². The first-order valence-electron chi connectivity index (χ1n) is 7.61. The first-order valence-corrected chi connectivity index (χ1v) is 7.61. The molecular weight excluding hydrogens is 254 g/mol. The van der Waals surface area contributed by atoms with Crippen LogP contribution in [0.5, 0.6) is 0 Å². The van der Waals surface area contributed by atoms with E-state index in [1.807, 2.05) is 0 Å². The SMILES string of the molecule is CN1CCCCC1Cc1cn2c(n1)CCC(C(=O)O)C2. The van der Waals surface area contributed by atoms with Crippen LogP contribution in [0.15, 0.2) is 6.20 Å². The van der Waals surface area contributed by atoms with E-state index in [2.05, 4.69) is 22.7 Å². The second-order valence-electron chi connectivity index (χ2n) is 6.21. The smallest absolute Gasteiger partial charge is 0.308 e. The van der Waals surface area contributed by atoms with Gasteiger partial charge in [0.15, 0.2) is 0 Å². The Morgan fingerprint density at radius 1 is 1.45 bits per heavy atom. The molecule has 1 N–H and O–H groups in total. The number of fused-ring (bicyclic) bond motifs is 1. The molecule has 1 saturated heterocycles. The fourth-order valence-electron chi connectivity index (χ4n) is 3.45. The summed E-state index contributed by atoms with van der Waals surface area (Å²) >= 11 is 0. The lowest BCUT2D eigenvalue weighted by molar-refractivity contribution is -0.142. The van der Waals surface area contributed by atoms with E-state index in [1.54, 1.807) is 0 Å². The molecule has 5 heteroatoms. The van der Waals surface area contributed by atoms with Crippen molar-refractivity contribution in [3.63, 3.8) is 0 Å². The monoisotopic (exact) mass is 277 g/mol. The third-order valence-corrected chi connectivity index (χ3v) is 4.76. The van der Waals surface area contributed by atoms with Gasteiger partial charge in [0, 0.05) is 31.6 Å². The number of carboxylic acid groups (broad SMARTS) is 1. The molecule has 0 bridgehead atoms. The summed E-state index contributed by atoms with van der Waals surface area (Å²) in [5, 5.41) is 9.13. The molecule has 2 aliphatic heterocycles. The number of aryl methyl sites for hydroxylation is 1. The zero-order valence-corrected chi connectivity index (χ0v) is 12.1. The van der Waals surface area contributed by atoms with Crippen molar-refractivity contribution in [2.75, 3.05) is 13.6 Å². The Morgan fingerprint density at radius 2 is 2.30 bits per heavy atom. The Balaban J connectivity index is 1.69. The van der Waals surface area contributed by atoms with Gasteiger partial charge >= 0.3 is 5.97 Å². The molecule has 0 spiro atoms. The first-order chi connectivity index (χ1) is 9.63. The van der Waals surface area contributed by atoms with Crippen molar-refractivity contribution in [1.82, 2.24) is 14.5 Å². The van der Waals surface area contributed by atoms with Gasteiger partial charge in [-0.1, -0.05) is 6.42 Å². The van der Waals surface area contributed by atoms with Crippen molar-refractivity contribution >= 4 is 5.97 Å². The van der Waals surface area contributed by atoms with E-state index < -0.39 is 5.97 Å². The Bertz CT molecular complexity index is 497. The number of carboxylic acids is 1. The van der Waals surface area contributed by atoms with Gasteiger partial charge in [-0.05, 0) is 32.9 Å². The van der Waals surface area contributed by atoms with Gasteiger partial charge in [-0.25, -0.2) is 4.98 Å². The predicted molar refractivity (Wildman–Crippen MR) is 75.6 cm³/mol. The zero-order valence-electron chi connectivity index (χ0n) is 12.1. The molecule has 110 valence electrons. The molecule has 20 heavy (non-hydrogen) atoms. The standard InChI is InChI=1S/C15H23N3O2/c1-17-7-3-2-4-13(17)8-12-10-18-9-11(15(19)20)5-6-14(18)16-12/h10-11,13H,2-9H2,1H3,(H,19,20). The molecule has 2 aliphatic rings. The lowest BCUT2D eigenvalue weighted by Gasteiger charge is -2.31. The molecule has 3 heterocycles. The van der Waals surface area contributed by atoms with Gasteiger partial charge in [0.25, 0.3) is 0 Å². The van der Waals surface area contributed by atoms with E-state index in [4.69, 9.17) is 10.1 Å². The second-order valence-corrected chi connectivity index (χ2v) is 6.21. The number of aliphatic carboxylic acids is 1. The summed E-state index contributed by atoms with van der Waals surface area (Å²) in [5.74, 6) is 0.135. The number of nitrogens with zero attached hydrogens (tertiary/aromatic N) is 3. The summed E-state index contributed by atoms with van der Waals surface area (Å²) in [6.45, 7) is 1.76. The van der Waals surface area contributed by atoms with Crippen molar-refractivity contribution in [2.45, 2.75) is 51.1 Å². The van der Waals surface area contributed by atoms with Crippen LogP contribution in [-0.4, -0.2) is 45.2 Å². The highest BCUT2D eigenvalue weighted by atomic mass is 16.4.